The first-order chi connectivity index (χ1) is 35.2. The van der Waals surface area contributed by atoms with Crippen molar-refractivity contribution < 1.29 is 52.3 Å². The van der Waals surface area contributed by atoms with Crippen LogP contribution in [-0.4, -0.2) is 164 Å². The minimum absolute atomic E-state index is 0.0463. The number of aliphatic hydroxyl groups excluding tert-OH is 1. The molecule has 2 aliphatic heterocycles. The van der Waals surface area contributed by atoms with Gasteiger partial charge in [-0.05, 0) is 62.4 Å². The van der Waals surface area contributed by atoms with E-state index in [9.17, 15) is 19.1 Å². The average molecular weight is 1010 g/mol. The zero-order chi connectivity index (χ0) is 51.8. The van der Waals surface area contributed by atoms with Gasteiger partial charge in [-0.1, -0.05) is 0 Å². The molecule has 4 aromatic heterocycles. The molecule has 0 aliphatic carbocycles. The molecule has 2 fully saturated rings. The maximum atomic E-state index is 15.1. The van der Waals surface area contributed by atoms with Crippen molar-refractivity contribution in [2.24, 2.45) is 0 Å². The second kappa shape index (κ2) is 23.1. The van der Waals surface area contributed by atoms with E-state index in [1.165, 1.54) is 25.8 Å². The summed E-state index contributed by atoms with van der Waals surface area (Å²) >= 11 is 0. The number of rotatable bonds is 12. The lowest BCUT2D eigenvalue weighted by Crippen LogP contribution is -2.48. The Morgan fingerprint density at radius 3 is 1.52 bits per heavy atom. The Kier molecular flexibility index (Phi) is 16.3. The molecule has 2 aliphatic rings. The summed E-state index contributed by atoms with van der Waals surface area (Å²) in [5.41, 5.74) is 4.17. The molecule has 2 amide bonds. The van der Waals surface area contributed by atoms with Crippen LogP contribution in [0, 0.1) is 25.5 Å². The van der Waals surface area contributed by atoms with Gasteiger partial charge in [0.25, 0.3) is 0 Å². The van der Waals surface area contributed by atoms with E-state index in [1.807, 2.05) is 23.6 Å². The van der Waals surface area contributed by atoms with Gasteiger partial charge in [-0.3, -0.25) is 19.4 Å². The van der Waals surface area contributed by atoms with Crippen molar-refractivity contribution >= 4 is 55.4 Å². The van der Waals surface area contributed by atoms with Crippen molar-refractivity contribution in [3.63, 3.8) is 0 Å². The highest BCUT2D eigenvalue weighted by Crippen LogP contribution is 2.39. The number of H-pyrrole nitrogens is 2. The topological polar surface area (TPSA) is 217 Å². The molecule has 0 spiro atoms. The number of aromatic hydroxyl groups is 1. The molecular formula is C52H58F2N10O9. The summed E-state index contributed by atoms with van der Waals surface area (Å²) in [6.45, 7) is 15.5. The molecule has 19 nitrogen and oxygen atoms in total. The molecule has 4 N–H and O–H groups in total. The molecule has 8 aromatic rings. The normalized spacial score (nSPS) is 14.2. The quantitative estimate of drug-likeness (QED) is 0.0959. The van der Waals surface area contributed by atoms with Crippen molar-refractivity contribution in [3.8, 4) is 46.3 Å². The standard InChI is InChI=1S/C26H28FN5O4.C18H14FN3O3.C8H16N2O2/c1-16-12-18-20(30-16)4-5-22(25(18)27)36-26-19-13-23(34-3)24(14-21(19)28-15-29-26)35-11-10-31-6-8-32(9-7-31)17(2)33;1-9-5-10-12(22-9)3-4-15(17(10)19)25-18-11-6-16(24-2)14(23)7-13(11)20-8-21-18;1-8(12)10-4-2-9(3-5-10)6-7-11/h4-5,12-15,30H,6-11H2,1-3H3;3-8,22-23H,1-2H3;11H,2-7H2,1H3. The second-order valence-electron chi connectivity index (χ2n) is 17.5. The van der Waals surface area contributed by atoms with Crippen LogP contribution in [0.15, 0.2) is 73.3 Å². The number of hydrogen-bond acceptors (Lipinski definition) is 15. The highest BCUT2D eigenvalue weighted by atomic mass is 19.1. The number of phenols is 1. The number of fused-ring (bicyclic) bond motifs is 4. The Bertz CT molecular complexity index is 3240. The van der Waals surface area contributed by atoms with Crippen LogP contribution in [0.25, 0.3) is 43.6 Å². The summed E-state index contributed by atoms with van der Waals surface area (Å²) in [7, 11) is 2.99. The third-order valence-electron chi connectivity index (χ3n) is 12.6. The summed E-state index contributed by atoms with van der Waals surface area (Å²) in [6.07, 6.45) is 2.67. The number of β-amino-alcohol motifs (C(OH)–C–C–N with tert-alkyl or cyclic N) is 1. The molecule has 0 saturated carbocycles. The number of methoxy groups -OCH3 is 2. The Morgan fingerprint density at radius 1 is 0.589 bits per heavy atom. The maximum Gasteiger partial charge on any atom is 0.230 e. The molecule has 10 rings (SSSR count). The van der Waals surface area contributed by atoms with Crippen molar-refractivity contribution in [2.45, 2.75) is 27.7 Å². The number of phenolic OH excluding ortho intramolecular Hbond substituents is 1. The monoisotopic (exact) mass is 1000 g/mol. The molecule has 0 radical (unpaired) electrons. The van der Waals surface area contributed by atoms with E-state index >= 15 is 4.39 Å². The Labute approximate surface area is 419 Å². The van der Waals surface area contributed by atoms with Gasteiger partial charge in [0.2, 0.25) is 23.6 Å². The first-order valence-electron chi connectivity index (χ1n) is 23.7. The van der Waals surface area contributed by atoms with Crippen molar-refractivity contribution in [2.75, 3.05) is 92.9 Å². The summed E-state index contributed by atoms with van der Waals surface area (Å²) in [4.78, 5) is 53.5. The molecule has 6 heterocycles. The van der Waals surface area contributed by atoms with E-state index < -0.39 is 11.6 Å². The van der Waals surface area contributed by atoms with E-state index in [0.717, 1.165) is 76.8 Å². The van der Waals surface area contributed by atoms with E-state index in [2.05, 4.69) is 39.7 Å². The molecule has 73 heavy (non-hydrogen) atoms. The predicted molar refractivity (Wildman–Crippen MR) is 270 cm³/mol. The number of carbonyl (C=O) groups is 2. The number of aromatic amines is 2. The van der Waals surface area contributed by atoms with E-state index in [-0.39, 0.29) is 53.2 Å². The van der Waals surface area contributed by atoms with Crippen LogP contribution in [0.2, 0.25) is 0 Å². The molecule has 0 unspecified atom stereocenters. The number of piperazine rings is 2. The molecule has 21 heteroatoms. The molecule has 0 atom stereocenters. The zero-order valence-electron chi connectivity index (χ0n) is 41.5. The average Bonchev–Trinajstić information content (AvgIpc) is 3.98. The largest absolute Gasteiger partial charge is 0.504 e. The second-order valence-corrected chi connectivity index (χ2v) is 17.5. The van der Waals surface area contributed by atoms with Gasteiger partial charge < -0.3 is 53.7 Å². The minimum atomic E-state index is -0.473. The number of aliphatic hydroxyl groups is 1. The molecule has 4 aromatic carbocycles. The van der Waals surface area contributed by atoms with Crippen molar-refractivity contribution in [1.29, 1.82) is 0 Å². The highest BCUT2D eigenvalue weighted by molar-refractivity contribution is 5.89. The van der Waals surface area contributed by atoms with Gasteiger partial charge in [-0.2, -0.15) is 0 Å². The van der Waals surface area contributed by atoms with Crippen LogP contribution >= 0.6 is 0 Å². The third-order valence-corrected chi connectivity index (χ3v) is 12.6. The van der Waals surface area contributed by atoms with Gasteiger partial charge in [-0.25, -0.2) is 28.7 Å². The first-order valence-corrected chi connectivity index (χ1v) is 23.7. The number of nitrogens with one attached hydrogen (secondary N) is 2. The fraction of sp³-hybridized carbons (Fsp3) is 0.346. The summed E-state index contributed by atoms with van der Waals surface area (Å²) in [6, 6.07) is 16.6. The number of nitrogens with zero attached hydrogens (tertiary/aromatic N) is 8. The van der Waals surface area contributed by atoms with Crippen LogP contribution in [0.1, 0.15) is 25.2 Å². The highest BCUT2D eigenvalue weighted by Gasteiger charge is 2.21. The molecule has 384 valence electrons. The molecular weight excluding hydrogens is 947 g/mol. The van der Waals surface area contributed by atoms with Gasteiger partial charge in [0.05, 0.1) is 42.6 Å². The minimum Gasteiger partial charge on any atom is -0.504 e. The van der Waals surface area contributed by atoms with E-state index in [0.29, 0.717) is 61.7 Å². The lowest BCUT2D eigenvalue weighted by Gasteiger charge is -2.34. The zero-order valence-corrected chi connectivity index (χ0v) is 41.5. The van der Waals surface area contributed by atoms with Crippen LogP contribution in [-0.2, 0) is 9.59 Å². The molecule has 2 saturated heterocycles. The summed E-state index contributed by atoms with van der Waals surface area (Å²) < 4.78 is 58.1. The Hall–Kier alpha value is -7.88. The number of carbonyl (C=O) groups excluding carboxylic acids is 2. The fourth-order valence-corrected chi connectivity index (χ4v) is 8.63. The number of aromatic nitrogens is 6. The lowest BCUT2D eigenvalue weighted by atomic mass is 10.2. The van der Waals surface area contributed by atoms with Crippen molar-refractivity contribution in [1.82, 2.24) is 49.5 Å². The summed E-state index contributed by atoms with van der Waals surface area (Å²) in [5.74, 6) is 1.11. The van der Waals surface area contributed by atoms with E-state index in [4.69, 9.17) is 28.8 Å². The van der Waals surface area contributed by atoms with Crippen LogP contribution in [0.5, 0.6) is 46.3 Å². The first kappa shape index (κ1) is 51.5. The van der Waals surface area contributed by atoms with Gasteiger partial charge >= 0.3 is 0 Å². The third kappa shape index (κ3) is 12.1. The van der Waals surface area contributed by atoms with Crippen LogP contribution in [0.3, 0.4) is 0 Å². The lowest BCUT2D eigenvalue weighted by molar-refractivity contribution is -0.131. The predicted octanol–water partition coefficient (Wildman–Crippen LogP) is 7.11. The fourth-order valence-electron chi connectivity index (χ4n) is 8.63. The Morgan fingerprint density at radius 2 is 1.05 bits per heavy atom. The number of amides is 2. The van der Waals surface area contributed by atoms with E-state index in [1.54, 1.807) is 75.6 Å². The number of hydrogen-bond donors (Lipinski definition) is 4. The van der Waals surface area contributed by atoms with Gasteiger partial charge in [0.15, 0.2) is 46.1 Å². The number of halogens is 2. The van der Waals surface area contributed by atoms with Crippen LogP contribution < -0.4 is 23.7 Å². The molecule has 0 bridgehead atoms. The Balaban J connectivity index is 0.000000165. The van der Waals surface area contributed by atoms with Gasteiger partial charge in [0, 0.05) is 125 Å². The maximum absolute atomic E-state index is 15.1. The SMILES string of the molecule is CC(=O)N1CCN(CCO)CC1.COc1cc2c(Oc3ccc4[nH]c(C)cc4c3F)ncnc2cc1O.COc1cc2c(Oc3ccc4[nH]c(C)cc4c3F)ncnc2cc1OCCN1CCN(C(C)=O)CC1. The number of benzene rings is 4. The van der Waals surface area contributed by atoms with Crippen LogP contribution in [0.4, 0.5) is 8.78 Å². The van der Waals surface area contributed by atoms with Gasteiger partial charge in [0.1, 0.15) is 19.3 Å². The van der Waals surface area contributed by atoms with Gasteiger partial charge in [-0.15, -0.1) is 0 Å². The number of ether oxygens (including phenoxy) is 5. The van der Waals surface area contributed by atoms with Crippen molar-refractivity contribution in [3.05, 3.63) is 96.3 Å². The summed E-state index contributed by atoms with van der Waals surface area (Å²) in [5, 5.41) is 20.5. The smallest absolute Gasteiger partial charge is 0.230 e. The number of aryl methyl sites for hydroxylation is 2.